The van der Waals surface area contributed by atoms with Crippen LogP contribution in [0.5, 0.6) is 0 Å². The Labute approximate surface area is 68.1 Å². The Kier molecular flexibility index (Phi) is 1.89. The lowest BCUT2D eigenvalue weighted by molar-refractivity contribution is 0.301. The van der Waals surface area contributed by atoms with Crippen LogP contribution in [-0.2, 0) is 0 Å². The summed E-state index contributed by atoms with van der Waals surface area (Å²) in [4.78, 5) is 0. The summed E-state index contributed by atoms with van der Waals surface area (Å²) < 4.78 is 0. The number of aliphatic hydroxyl groups excluding tert-OH is 1. The van der Waals surface area contributed by atoms with Gasteiger partial charge in [0, 0.05) is 6.42 Å². The number of rotatable bonds is 0. The van der Waals surface area contributed by atoms with Gasteiger partial charge in [-0.25, -0.2) is 0 Å². The molecule has 62 valence electrons. The second kappa shape index (κ2) is 2.88. The SMILES string of the molecule is OC1=C2CCCCC2CCC1. The van der Waals surface area contributed by atoms with Crippen molar-refractivity contribution in [2.24, 2.45) is 5.92 Å². The molecule has 1 atom stereocenters. The molecule has 2 rings (SSSR count). The van der Waals surface area contributed by atoms with Gasteiger partial charge in [-0.15, -0.1) is 0 Å². The maximum absolute atomic E-state index is 9.58. The summed E-state index contributed by atoms with van der Waals surface area (Å²) in [5.41, 5.74) is 1.41. The molecule has 0 aromatic carbocycles. The van der Waals surface area contributed by atoms with Crippen LogP contribution < -0.4 is 0 Å². The highest BCUT2D eigenvalue weighted by Crippen LogP contribution is 2.38. The zero-order valence-electron chi connectivity index (χ0n) is 6.97. The summed E-state index contributed by atoms with van der Waals surface area (Å²) in [7, 11) is 0. The van der Waals surface area contributed by atoms with Crippen LogP contribution in [0.25, 0.3) is 0 Å². The van der Waals surface area contributed by atoms with Gasteiger partial charge in [-0.05, 0) is 43.6 Å². The predicted octanol–water partition coefficient (Wildman–Crippen LogP) is 3.17. The molecule has 0 aromatic rings. The van der Waals surface area contributed by atoms with Gasteiger partial charge >= 0.3 is 0 Å². The molecule has 0 aliphatic heterocycles. The maximum Gasteiger partial charge on any atom is 0.0917 e. The van der Waals surface area contributed by atoms with Crippen LogP contribution in [0.1, 0.15) is 44.9 Å². The van der Waals surface area contributed by atoms with Gasteiger partial charge in [0.1, 0.15) is 0 Å². The van der Waals surface area contributed by atoms with Gasteiger partial charge in [0.2, 0.25) is 0 Å². The van der Waals surface area contributed by atoms with E-state index in [4.69, 9.17) is 0 Å². The van der Waals surface area contributed by atoms with Crippen molar-refractivity contribution in [1.29, 1.82) is 0 Å². The number of fused-ring (bicyclic) bond motifs is 1. The van der Waals surface area contributed by atoms with Crippen LogP contribution in [0.4, 0.5) is 0 Å². The Morgan fingerprint density at radius 1 is 1.00 bits per heavy atom. The summed E-state index contributed by atoms with van der Waals surface area (Å²) in [5, 5.41) is 9.58. The van der Waals surface area contributed by atoms with Gasteiger partial charge in [-0.2, -0.15) is 0 Å². The first-order chi connectivity index (χ1) is 5.38. The van der Waals surface area contributed by atoms with Crippen molar-refractivity contribution in [3.05, 3.63) is 11.3 Å². The van der Waals surface area contributed by atoms with Gasteiger partial charge in [-0.1, -0.05) is 6.42 Å². The molecule has 1 saturated carbocycles. The summed E-state index contributed by atoms with van der Waals surface area (Å²) in [6.07, 6.45) is 8.68. The Bertz CT molecular complexity index is 181. The second-order valence-corrected chi connectivity index (χ2v) is 3.81. The topological polar surface area (TPSA) is 20.2 Å². The molecule has 2 aliphatic carbocycles. The molecule has 11 heavy (non-hydrogen) atoms. The lowest BCUT2D eigenvalue weighted by Gasteiger charge is -2.29. The van der Waals surface area contributed by atoms with Crippen molar-refractivity contribution in [2.75, 3.05) is 0 Å². The average Bonchev–Trinajstić information content (AvgIpc) is 2.06. The minimum atomic E-state index is 0.737. The van der Waals surface area contributed by atoms with Gasteiger partial charge in [0.25, 0.3) is 0 Å². The predicted molar refractivity (Wildman–Crippen MR) is 45.5 cm³/mol. The number of allylic oxidation sites excluding steroid dienone is 2. The Hall–Kier alpha value is -0.460. The van der Waals surface area contributed by atoms with Gasteiger partial charge in [-0.3, -0.25) is 0 Å². The minimum absolute atomic E-state index is 0.737. The normalized spacial score (nSPS) is 31.8. The van der Waals surface area contributed by atoms with Crippen molar-refractivity contribution in [1.82, 2.24) is 0 Å². The summed E-state index contributed by atoms with van der Waals surface area (Å²) in [6, 6.07) is 0. The molecule has 1 heteroatoms. The fraction of sp³-hybridized carbons (Fsp3) is 0.800. The second-order valence-electron chi connectivity index (χ2n) is 3.81. The van der Waals surface area contributed by atoms with Crippen molar-refractivity contribution in [2.45, 2.75) is 44.9 Å². The lowest BCUT2D eigenvalue weighted by atomic mass is 9.77. The Morgan fingerprint density at radius 2 is 1.82 bits per heavy atom. The molecule has 0 saturated heterocycles. The number of hydrogen-bond acceptors (Lipinski definition) is 1. The molecule has 0 aromatic heterocycles. The summed E-state index contributed by atoms with van der Waals surface area (Å²) >= 11 is 0. The third-order valence-electron chi connectivity index (χ3n) is 3.08. The number of hydrogen-bond donors (Lipinski definition) is 1. The Balaban J connectivity index is 2.19. The fourth-order valence-corrected chi connectivity index (χ4v) is 2.46. The van der Waals surface area contributed by atoms with E-state index in [1.807, 2.05) is 0 Å². The first-order valence-corrected chi connectivity index (χ1v) is 4.79. The van der Waals surface area contributed by atoms with Crippen LogP contribution in [0, 0.1) is 5.92 Å². The average molecular weight is 152 g/mol. The molecule has 1 N–H and O–H groups in total. The zero-order chi connectivity index (χ0) is 7.68. The highest BCUT2D eigenvalue weighted by atomic mass is 16.3. The van der Waals surface area contributed by atoms with E-state index < -0.39 is 0 Å². The van der Waals surface area contributed by atoms with E-state index in [0.717, 1.165) is 18.1 Å². The van der Waals surface area contributed by atoms with E-state index in [2.05, 4.69) is 0 Å². The van der Waals surface area contributed by atoms with Crippen LogP contribution in [-0.4, -0.2) is 5.11 Å². The van der Waals surface area contributed by atoms with Crippen LogP contribution in [0.3, 0.4) is 0 Å². The molecule has 0 radical (unpaired) electrons. The van der Waals surface area contributed by atoms with Crippen LogP contribution in [0.2, 0.25) is 0 Å². The number of aliphatic hydroxyl groups is 1. The van der Waals surface area contributed by atoms with Crippen molar-refractivity contribution >= 4 is 0 Å². The monoisotopic (exact) mass is 152 g/mol. The van der Waals surface area contributed by atoms with E-state index in [-0.39, 0.29) is 0 Å². The molecule has 2 aliphatic rings. The summed E-state index contributed by atoms with van der Waals surface area (Å²) in [5.74, 6) is 1.50. The van der Waals surface area contributed by atoms with Gasteiger partial charge in [0.15, 0.2) is 0 Å². The zero-order valence-corrected chi connectivity index (χ0v) is 6.97. The fourth-order valence-electron chi connectivity index (χ4n) is 2.46. The van der Waals surface area contributed by atoms with Crippen molar-refractivity contribution in [3.8, 4) is 0 Å². The van der Waals surface area contributed by atoms with E-state index in [9.17, 15) is 5.11 Å². The molecular weight excluding hydrogens is 136 g/mol. The molecule has 0 amide bonds. The standard InChI is InChI=1S/C10H16O/c11-10-7-3-5-8-4-1-2-6-9(8)10/h8,11H,1-7H2. The van der Waals surface area contributed by atoms with E-state index in [1.54, 1.807) is 0 Å². The van der Waals surface area contributed by atoms with Crippen LogP contribution in [0.15, 0.2) is 11.3 Å². The highest BCUT2D eigenvalue weighted by Gasteiger charge is 2.24. The van der Waals surface area contributed by atoms with Gasteiger partial charge in [0.05, 0.1) is 5.76 Å². The van der Waals surface area contributed by atoms with E-state index >= 15 is 0 Å². The molecule has 1 unspecified atom stereocenters. The van der Waals surface area contributed by atoms with Crippen LogP contribution >= 0.6 is 0 Å². The van der Waals surface area contributed by atoms with E-state index in [0.29, 0.717) is 0 Å². The Morgan fingerprint density at radius 3 is 2.64 bits per heavy atom. The molecule has 0 bridgehead atoms. The highest BCUT2D eigenvalue weighted by molar-refractivity contribution is 5.16. The van der Waals surface area contributed by atoms with E-state index in [1.165, 1.54) is 44.1 Å². The van der Waals surface area contributed by atoms with Crippen molar-refractivity contribution in [3.63, 3.8) is 0 Å². The maximum atomic E-state index is 9.58. The smallest absolute Gasteiger partial charge is 0.0917 e. The molecular formula is C10H16O. The molecule has 0 heterocycles. The minimum Gasteiger partial charge on any atom is -0.512 e. The third kappa shape index (κ3) is 1.29. The molecule has 1 nitrogen and oxygen atoms in total. The quantitative estimate of drug-likeness (QED) is 0.565. The van der Waals surface area contributed by atoms with Gasteiger partial charge < -0.3 is 5.11 Å². The first-order valence-electron chi connectivity index (χ1n) is 4.79. The summed E-state index contributed by atoms with van der Waals surface area (Å²) in [6.45, 7) is 0. The lowest BCUT2D eigenvalue weighted by Crippen LogP contribution is -2.16. The first kappa shape index (κ1) is 7.20. The largest absolute Gasteiger partial charge is 0.512 e. The molecule has 1 fully saturated rings. The molecule has 0 spiro atoms. The van der Waals surface area contributed by atoms with Crippen molar-refractivity contribution < 1.29 is 5.11 Å². The third-order valence-corrected chi connectivity index (χ3v) is 3.08.